The fourth-order valence-corrected chi connectivity index (χ4v) is 2.82. The van der Waals surface area contributed by atoms with Crippen molar-refractivity contribution in [3.8, 4) is 11.5 Å². The molecule has 0 heterocycles. The van der Waals surface area contributed by atoms with E-state index >= 15 is 0 Å². The van der Waals surface area contributed by atoms with Crippen molar-refractivity contribution >= 4 is 17.8 Å². The van der Waals surface area contributed by atoms with Gasteiger partial charge in [-0.25, -0.2) is 0 Å². The summed E-state index contributed by atoms with van der Waals surface area (Å²) in [7, 11) is 1.62. The summed E-state index contributed by atoms with van der Waals surface area (Å²) in [5, 5.41) is 16.4. The van der Waals surface area contributed by atoms with Crippen LogP contribution in [-0.2, 0) is 11.3 Å². The van der Waals surface area contributed by atoms with Crippen LogP contribution < -0.4 is 15.4 Å². The van der Waals surface area contributed by atoms with Crippen LogP contribution in [0, 0.1) is 0 Å². The number of methoxy groups -OCH3 is 1. The van der Waals surface area contributed by atoms with E-state index in [-0.39, 0.29) is 17.1 Å². The van der Waals surface area contributed by atoms with E-state index in [1.54, 1.807) is 19.2 Å². The van der Waals surface area contributed by atoms with Crippen LogP contribution in [0.4, 0.5) is 5.69 Å². The van der Waals surface area contributed by atoms with Crippen molar-refractivity contribution in [2.75, 3.05) is 12.4 Å². The maximum absolute atomic E-state index is 12.2. The molecule has 0 fully saturated rings. The molecule has 0 spiro atoms. The highest BCUT2D eigenvalue weighted by molar-refractivity contribution is 6.01. The highest BCUT2D eigenvalue weighted by Crippen LogP contribution is 2.30. The average molecular weight is 352 g/mol. The first-order chi connectivity index (χ1) is 12.6. The molecule has 0 unspecified atom stereocenters. The van der Waals surface area contributed by atoms with Gasteiger partial charge in [-0.05, 0) is 36.2 Å². The van der Waals surface area contributed by atoms with Crippen molar-refractivity contribution in [1.82, 2.24) is 5.32 Å². The lowest BCUT2D eigenvalue weighted by atomic mass is 10.1. The molecule has 0 aromatic heterocycles. The standard InChI is InChI=1S/C20H20N2O4/c1-26-15-7-5-13(6-8-15)11-21-16-9-10-18(24)19(16)22-17-4-2-3-14(12-23)20(17)25/h2-8,12,21-22,25H,9-11H2,1H3. The van der Waals surface area contributed by atoms with Crippen LogP contribution in [0.5, 0.6) is 11.5 Å². The van der Waals surface area contributed by atoms with E-state index in [9.17, 15) is 14.7 Å². The Morgan fingerprint density at radius 2 is 1.92 bits per heavy atom. The summed E-state index contributed by atoms with van der Waals surface area (Å²) in [5.41, 5.74) is 2.79. The van der Waals surface area contributed by atoms with Gasteiger partial charge in [0, 0.05) is 18.7 Å². The van der Waals surface area contributed by atoms with E-state index in [1.807, 2.05) is 24.3 Å². The molecule has 26 heavy (non-hydrogen) atoms. The van der Waals surface area contributed by atoms with Gasteiger partial charge in [0.15, 0.2) is 12.1 Å². The number of carbonyl (C=O) groups is 2. The molecule has 6 nitrogen and oxygen atoms in total. The first-order valence-corrected chi connectivity index (χ1v) is 8.29. The van der Waals surface area contributed by atoms with Crippen molar-refractivity contribution in [3.63, 3.8) is 0 Å². The molecular formula is C20H20N2O4. The molecule has 3 rings (SSSR count). The van der Waals surface area contributed by atoms with Gasteiger partial charge in [-0.15, -0.1) is 0 Å². The largest absolute Gasteiger partial charge is 0.505 e. The lowest BCUT2D eigenvalue weighted by Gasteiger charge is -2.13. The second-order valence-corrected chi connectivity index (χ2v) is 5.96. The molecule has 0 bridgehead atoms. The number of aldehydes is 1. The molecule has 0 radical (unpaired) electrons. The van der Waals surface area contributed by atoms with Gasteiger partial charge in [0.1, 0.15) is 17.2 Å². The number of aromatic hydroxyl groups is 1. The van der Waals surface area contributed by atoms with Gasteiger partial charge in [0.25, 0.3) is 0 Å². The zero-order valence-corrected chi connectivity index (χ0v) is 14.4. The summed E-state index contributed by atoms with van der Waals surface area (Å²) in [6.07, 6.45) is 1.58. The topological polar surface area (TPSA) is 87.7 Å². The average Bonchev–Trinajstić information content (AvgIpc) is 3.02. The number of anilines is 1. The summed E-state index contributed by atoms with van der Waals surface area (Å²) in [6.45, 7) is 0.568. The Morgan fingerprint density at radius 1 is 1.15 bits per heavy atom. The summed E-state index contributed by atoms with van der Waals surface area (Å²) in [5.74, 6) is 0.597. The third kappa shape index (κ3) is 3.69. The van der Waals surface area contributed by atoms with E-state index in [0.717, 1.165) is 17.0 Å². The molecule has 0 aliphatic heterocycles. The SMILES string of the molecule is COc1ccc(CNC2=C(Nc3cccc(C=O)c3O)C(=O)CC2)cc1. The predicted molar refractivity (Wildman–Crippen MR) is 98.2 cm³/mol. The van der Waals surface area contributed by atoms with E-state index in [2.05, 4.69) is 10.6 Å². The number of phenolic OH excluding ortho intramolecular Hbond substituents is 1. The number of nitrogens with one attached hydrogen (secondary N) is 2. The first-order valence-electron chi connectivity index (χ1n) is 8.29. The Bertz CT molecular complexity index is 857. The number of benzene rings is 2. The first kappa shape index (κ1) is 17.5. The summed E-state index contributed by atoms with van der Waals surface area (Å²) in [6, 6.07) is 12.5. The van der Waals surface area contributed by atoms with Crippen LogP contribution in [0.25, 0.3) is 0 Å². The van der Waals surface area contributed by atoms with Gasteiger partial charge >= 0.3 is 0 Å². The Kier molecular flexibility index (Phi) is 5.22. The number of ether oxygens (including phenoxy) is 1. The number of Topliss-reactive ketones (excluding diaryl/α,β-unsaturated/α-hetero) is 1. The number of ketones is 1. The highest BCUT2D eigenvalue weighted by Gasteiger charge is 2.24. The Morgan fingerprint density at radius 3 is 2.62 bits per heavy atom. The van der Waals surface area contributed by atoms with E-state index in [1.165, 1.54) is 6.07 Å². The molecule has 2 aromatic carbocycles. The highest BCUT2D eigenvalue weighted by atomic mass is 16.5. The predicted octanol–water partition coefficient (Wildman–Crippen LogP) is 2.99. The summed E-state index contributed by atoms with van der Waals surface area (Å²) < 4.78 is 5.14. The molecular weight excluding hydrogens is 332 g/mol. The zero-order chi connectivity index (χ0) is 18.5. The number of allylic oxidation sites excluding steroid dienone is 2. The molecule has 0 saturated heterocycles. The van der Waals surface area contributed by atoms with Crippen LogP contribution in [0.1, 0.15) is 28.8 Å². The van der Waals surface area contributed by atoms with Crippen LogP contribution in [-0.4, -0.2) is 24.3 Å². The number of hydrogen-bond acceptors (Lipinski definition) is 6. The molecule has 1 aliphatic carbocycles. The number of para-hydroxylation sites is 1. The van der Waals surface area contributed by atoms with Crippen molar-refractivity contribution < 1.29 is 19.4 Å². The van der Waals surface area contributed by atoms with Crippen LogP contribution >= 0.6 is 0 Å². The zero-order valence-electron chi connectivity index (χ0n) is 14.4. The Hall–Kier alpha value is -3.28. The van der Waals surface area contributed by atoms with Gasteiger partial charge in [0.2, 0.25) is 0 Å². The van der Waals surface area contributed by atoms with Crippen molar-refractivity contribution in [3.05, 3.63) is 65.0 Å². The van der Waals surface area contributed by atoms with Crippen LogP contribution in [0.2, 0.25) is 0 Å². The molecule has 3 N–H and O–H groups in total. The number of hydrogen-bond donors (Lipinski definition) is 3. The fourth-order valence-electron chi connectivity index (χ4n) is 2.82. The minimum atomic E-state index is -0.163. The lowest BCUT2D eigenvalue weighted by Crippen LogP contribution is -2.17. The molecule has 0 amide bonds. The van der Waals surface area contributed by atoms with Gasteiger partial charge < -0.3 is 20.5 Å². The van der Waals surface area contributed by atoms with Crippen LogP contribution in [0.15, 0.2) is 53.9 Å². The van der Waals surface area contributed by atoms with Crippen LogP contribution in [0.3, 0.4) is 0 Å². The third-order valence-corrected chi connectivity index (χ3v) is 4.30. The maximum atomic E-state index is 12.2. The second kappa shape index (κ2) is 7.74. The molecule has 134 valence electrons. The minimum absolute atomic E-state index is 0.0295. The van der Waals surface area contributed by atoms with Gasteiger partial charge in [0.05, 0.1) is 18.4 Å². The van der Waals surface area contributed by atoms with Gasteiger partial charge in [-0.2, -0.15) is 0 Å². The van der Waals surface area contributed by atoms with Crippen molar-refractivity contribution in [2.45, 2.75) is 19.4 Å². The number of carbonyl (C=O) groups excluding carboxylic acids is 2. The Balaban J connectivity index is 1.77. The minimum Gasteiger partial charge on any atom is -0.505 e. The lowest BCUT2D eigenvalue weighted by molar-refractivity contribution is -0.114. The molecule has 1 aliphatic rings. The quantitative estimate of drug-likeness (QED) is 0.524. The van der Waals surface area contributed by atoms with Crippen molar-refractivity contribution in [2.24, 2.45) is 0 Å². The molecule has 0 saturated carbocycles. The number of phenols is 1. The van der Waals surface area contributed by atoms with E-state index in [4.69, 9.17) is 4.74 Å². The van der Waals surface area contributed by atoms with Gasteiger partial charge in [-0.3, -0.25) is 9.59 Å². The maximum Gasteiger partial charge on any atom is 0.181 e. The van der Waals surface area contributed by atoms with Crippen molar-refractivity contribution in [1.29, 1.82) is 0 Å². The third-order valence-electron chi connectivity index (χ3n) is 4.30. The smallest absolute Gasteiger partial charge is 0.181 e. The van der Waals surface area contributed by atoms with E-state index in [0.29, 0.717) is 37.1 Å². The number of rotatable bonds is 7. The molecule has 2 aromatic rings. The monoisotopic (exact) mass is 352 g/mol. The summed E-state index contributed by atoms with van der Waals surface area (Å²) in [4.78, 5) is 23.2. The van der Waals surface area contributed by atoms with E-state index < -0.39 is 0 Å². The fraction of sp³-hybridized carbons (Fsp3) is 0.200. The summed E-state index contributed by atoms with van der Waals surface area (Å²) >= 11 is 0. The normalized spacial score (nSPS) is 13.7. The van der Waals surface area contributed by atoms with Gasteiger partial charge in [-0.1, -0.05) is 18.2 Å². The Labute approximate surface area is 151 Å². The second-order valence-electron chi connectivity index (χ2n) is 5.96. The molecule has 0 atom stereocenters. The molecule has 6 heteroatoms.